The van der Waals surface area contributed by atoms with Gasteiger partial charge in [0.1, 0.15) is 5.75 Å². The average Bonchev–Trinajstić information content (AvgIpc) is 2.58. The summed E-state index contributed by atoms with van der Waals surface area (Å²) in [6, 6.07) is 12.6. The Morgan fingerprint density at radius 3 is 2.42 bits per heavy atom. The van der Waals surface area contributed by atoms with Crippen LogP contribution in [-0.4, -0.2) is 30.3 Å². The fourth-order valence-corrected chi connectivity index (χ4v) is 2.36. The number of hydrogen-bond donors (Lipinski definition) is 2. The molecule has 0 aliphatic rings. The lowest BCUT2D eigenvalue weighted by Crippen LogP contribution is -2.21. The van der Waals surface area contributed by atoms with Crippen LogP contribution in [0.4, 0.5) is 5.69 Å². The van der Waals surface area contributed by atoms with Gasteiger partial charge in [-0.3, -0.25) is 4.79 Å². The topological polar surface area (TPSA) is 64.9 Å². The zero-order valence-electron chi connectivity index (χ0n) is 14.3. The summed E-state index contributed by atoms with van der Waals surface area (Å²) in [7, 11) is 0. The maximum atomic E-state index is 12.0. The molecule has 0 saturated carbocycles. The highest BCUT2D eigenvalue weighted by molar-refractivity contribution is 5.95. The summed E-state index contributed by atoms with van der Waals surface area (Å²) >= 11 is 0. The van der Waals surface area contributed by atoms with Crippen molar-refractivity contribution in [3.63, 3.8) is 0 Å². The minimum atomic E-state index is -0.287. The predicted octanol–water partition coefficient (Wildman–Crippen LogP) is 3.31. The Labute approximate surface area is 142 Å². The molecule has 0 aromatic heterocycles. The van der Waals surface area contributed by atoms with Crippen LogP contribution in [0.15, 0.2) is 47.6 Å². The number of hydrazone groups is 1. The summed E-state index contributed by atoms with van der Waals surface area (Å²) in [5.41, 5.74) is 5.60. The first-order valence-electron chi connectivity index (χ1n) is 8.03. The Morgan fingerprint density at radius 1 is 1.17 bits per heavy atom. The van der Waals surface area contributed by atoms with Crippen molar-refractivity contribution in [1.29, 1.82) is 0 Å². The third-order valence-electron chi connectivity index (χ3n) is 3.83. The standard InChI is InChI=1S/C19H23N3O2/c1-4-22(5-2)17-11-10-16(18(23)12-17)13-20-21-19(24)15-8-6-14(3)7-9-15/h6-13,23H,4-5H2,1-3H3,(H,21,24). The molecular formula is C19H23N3O2. The predicted molar refractivity (Wildman–Crippen MR) is 97.9 cm³/mol. The molecule has 2 rings (SSSR count). The number of carbonyl (C=O) groups excluding carboxylic acids is 1. The van der Waals surface area contributed by atoms with Crippen LogP contribution in [0.25, 0.3) is 0 Å². The van der Waals surface area contributed by atoms with Crippen molar-refractivity contribution in [3.05, 3.63) is 59.2 Å². The van der Waals surface area contributed by atoms with E-state index in [1.807, 2.05) is 25.1 Å². The normalized spacial score (nSPS) is 10.8. The number of rotatable bonds is 6. The van der Waals surface area contributed by atoms with Crippen LogP contribution < -0.4 is 10.3 Å². The van der Waals surface area contributed by atoms with E-state index in [0.29, 0.717) is 11.1 Å². The number of hydrogen-bond acceptors (Lipinski definition) is 4. The van der Waals surface area contributed by atoms with Gasteiger partial charge in [-0.2, -0.15) is 5.10 Å². The highest BCUT2D eigenvalue weighted by Crippen LogP contribution is 2.23. The van der Waals surface area contributed by atoms with E-state index in [0.717, 1.165) is 24.3 Å². The lowest BCUT2D eigenvalue weighted by molar-refractivity contribution is 0.0955. The summed E-state index contributed by atoms with van der Waals surface area (Å²) < 4.78 is 0. The Hall–Kier alpha value is -2.82. The number of carbonyl (C=O) groups is 1. The Balaban J connectivity index is 2.03. The van der Waals surface area contributed by atoms with E-state index >= 15 is 0 Å². The van der Waals surface area contributed by atoms with Crippen LogP contribution in [0.5, 0.6) is 5.75 Å². The summed E-state index contributed by atoms with van der Waals surface area (Å²) in [6.07, 6.45) is 1.44. The minimum absolute atomic E-state index is 0.132. The summed E-state index contributed by atoms with van der Waals surface area (Å²) in [5.74, 6) is -0.154. The third-order valence-corrected chi connectivity index (χ3v) is 3.83. The molecule has 0 unspecified atom stereocenters. The molecule has 0 aliphatic heterocycles. The first kappa shape index (κ1) is 17.5. The van der Waals surface area contributed by atoms with Crippen LogP contribution in [0, 0.1) is 6.92 Å². The Kier molecular flexibility index (Phi) is 5.95. The number of nitrogens with zero attached hydrogens (tertiary/aromatic N) is 2. The molecule has 0 radical (unpaired) electrons. The van der Waals surface area contributed by atoms with Gasteiger partial charge in [0.25, 0.3) is 5.91 Å². The molecule has 0 bridgehead atoms. The first-order chi connectivity index (χ1) is 11.5. The molecular weight excluding hydrogens is 302 g/mol. The SMILES string of the molecule is CCN(CC)c1ccc(C=NNC(=O)c2ccc(C)cc2)c(O)c1. The number of benzene rings is 2. The Bertz CT molecular complexity index is 720. The summed E-state index contributed by atoms with van der Waals surface area (Å²) in [5, 5.41) is 14.0. The largest absolute Gasteiger partial charge is 0.507 e. The number of aromatic hydroxyl groups is 1. The van der Waals surface area contributed by atoms with E-state index < -0.39 is 0 Å². The van der Waals surface area contributed by atoms with E-state index in [2.05, 4.69) is 29.3 Å². The molecule has 5 heteroatoms. The minimum Gasteiger partial charge on any atom is -0.507 e. The molecule has 0 atom stereocenters. The van der Waals surface area contributed by atoms with Gasteiger partial charge in [0, 0.05) is 36.0 Å². The molecule has 0 heterocycles. The van der Waals surface area contributed by atoms with E-state index in [1.54, 1.807) is 24.3 Å². The van der Waals surface area contributed by atoms with Crippen LogP contribution >= 0.6 is 0 Å². The number of anilines is 1. The molecule has 1 amide bonds. The van der Waals surface area contributed by atoms with Gasteiger partial charge >= 0.3 is 0 Å². The van der Waals surface area contributed by atoms with Crippen molar-refractivity contribution in [3.8, 4) is 5.75 Å². The highest BCUT2D eigenvalue weighted by atomic mass is 16.3. The second-order valence-electron chi connectivity index (χ2n) is 5.48. The van der Waals surface area contributed by atoms with Crippen molar-refractivity contribution < 1.29 is 9.90 Å². The second kappa shape index (κ2) is 8.15. The summed E-state index contributed by atoms with van der Waals surface area (Å²) in [4.78, 5) is 14.1. The number of aryl methyl sites for hydroxylation is 1. The number of phenols is 1. The molecule has 2 aromatic carbocycles. The quantitative estimate of drug-likeness (QED) is 0.632. The van der Waals surface area contributed by atoms with Gasteiger partial charge < -0.3 is 10.0 Å². The molecule has 0 saturated heterocycles. The van der Waals surface area contributed by atoms with Crippen LogP contribution in [0.3, 0.4) is 0 Å². The lowest BCUT2D eigenvalue weighted by atomic mass is 10.1. The maximum absolute atomic E-state index is 12.0. The molecule has 0 spiro atoms. The lowest BCUT2D eigenvalue weighted by Gasteiger charge is -2.21. The van der Waals surface area contributed by atoms with E-state index in [1.165, 1.54) is 6.21 Å². The van der Waals surface area contributed by atoms with Gasteiger partial charge in [-0.25, -0.2) is 5.43 Å². The van der Waals surface area contributed by atoms with Crippen molar-refractivity contribution in [2.45, 2.75) is 20.8 Å². The average molecular weight is 325 g/mol. The molecule has 0 fully saturated rings. The number of amides is 1. The number of nitrogens with one attached hydrogen (secondary N) is 1. The number of phenolic OH excluding ortho intramolecular Hbond substituents is 1. The maximum Gasteiger partial charge on any atom is 0.271 e. The van der Waals surface area contributed by atoms with E-state index in [-0.39, 0.29) is 11.7 Å². The highest BCUT2D eigenvalue weighted by Gasteiger charge is 2.06. The van der Waals surface area contributed by atoms with E-state index in [9.17, 15) is 9.90 Å². The van der Waals surface area contributed by atoms with Crippen molar-refractivity contribution in [2.24, 2.45) is 5.10 Å². The molecule has 0 aliphatic carbocycles. The van der Waals surface area contributed by atoms with Crippen LogP contribution in [-0.2, 0) is 0 Å². The van der Waals surface area contributed by atoms with Crippen molar-refractivity contribution in [1.82, 2.24) is 5.43 Å². The molecule has 126 valence electrons. The van der Waals surface area contributed by atoms with Gasteiger partial charge in [0.2, 0.25) is 0 Å². The monoisotopic (exact) mass is 325 g/mol. The van der Waals surface area contributed by atoms with Crippen LogP contribution in [0.1, 0.15) is 35.3 Å². The van der Waals surface area contributed by atoms with Gasteiger partial charge in [-0.05, 0) is 45.0 Å². The van der Waals surface area contributed by atoms with Crippen molar-refractivity contribution >= 4 is 17.8 Å². The fourth-order valence-electron chi connectivity index (χ4n) is 2.36. The van der Waals surface area contributed by atoms with Crippen LogP contribution in [0.2, 0.25) is 0 Å². The zero-order chi connectivity index (χ0) is 17.5. The zero-order valence-corrected chi connectivity index (χ0v) is 14.3. The fraction of sp³-hybridized carbons (Fsp3) is 0.263. The van der Waals surface area contributed by atoms with Gasteiger partial charge in [-0.15, -0.1) is 0 Å². The molecule has 2 aromatic rings. The summed E-state index contributed by atoms with van der Waals surface area (Å²) in [6.45, 7) is 7.84. The first-order valence-corrected chi connectivity index (χ1v) is 8.03. The molecule has 2 N–H and O–H groups in total. The molecule has 24 heavy (non-hydrogen) atoms. The van der Waals surface area contributed by atoms with Crippen molar-refractivity contribution in [2.75, 3.05) is 18.0 Å². The van der Waals surface area contributed by atoms with Gasteiger partial charge in [0.05, 0.1) is 6.21 Å². The Morgan fingerprint density at radius 2 is 1.83 bits per heavy atom. The third kappa shape index (κ3) is 4.35. The van der Waals surface area contributed by atoms with Gasteiger partial charge in [0.15, 0.2) is 0 Å². The van der Waals surface area contributed by atoms with E-state index in [4.69, 9.17) is 0 Å². The van der Waals surface area contributed by atoms with Gasteiger partial charge in [-0.1, -0.05) is 17.7 Å². The second-order valence-corrected chi connectivity index (χ2v) is 5.48. The smallest absolute Gasteiger partial charge is 0.271 e. The molecule has 5 nitrogen and oxygen atoms in total.